The van der Waals surface area contributed by atoms with E-state index in [2.05, 4.69) is 5.32 Å². The lowest BCUT2D eigenvalue weighted by Crippen LogP contribution is -2.40. The van der Waals surface area contributed by atoms with Crippen LogP contribution in [0.3, 0.4) is 0 Å². The van der Waals surface area contributed by atoms with Gasteiger partial charge in [0.25, 0.3) is 0 Å². The Balaban J connectivity index is 2.40. The van der Waals surface area contributed by atoms with Gasteiger partial charge in [-0.2, -0.15) is 0 Å². The topological polar surface area (TPSA) is 58.6 Å². The van der Waals surface area contributed by atoms with Crippen LogP contribution in [0, 0.1) is 5.82 Å². The number of nitrogens with one attached hydrogen (secondary N) is 1. The molecule has 1 aromatic carbocycles. The van der Waals surface area contributed by atoms with Crippen LogP contribution in [0.15, 0.2) is 18.2 Å². The second-order valence-corrected chi connectivity index (χ2v) is 4.75. The number of amides is 1. The first-order valence-electron chi connectivity index (χ1n) is 5.35. The van der Waals surface area contributed by atoms with Crippen molar-refractivity contribution in [1.29, 1.82) is 0 Å². The average Bonchev–Trinajstić information content (AvgIpc) is 2.13. The van der Waals surface area contributed by atoms with Crippen LogP contribution in [0.25, 0.3) is 0 Å². The molecule has 1 aromatic rings. The number of ether oxygens (including phenoxy) is 1. The maximum absolute atomic E-state index is 13.1. The highest BCUT2D eigenvalue weighted by Crippen LogP contribution is 2.39. The second kappa shape index (κ2) is 3.91. The van der Waals surface area contributed by atoms with Gasteiger partial charge in [0.15, 0.2) is 0 Å². The van der Waals surface area contributed by atoms with E-state index < -0.39 is 17.5 Å². The molecule has 1 heterocycles. The van der Waals surface area contributed by atoms with E-state index in [4.69, 9.17) is 9.84 Å². The predicted molar refractivity (Wildman–Crippen MR) is 59.6 cm³/mol. The standard InChI is InChI=1S/C12H14FNO3/c1-12(2)6-9(14-11(15)16)8-4-3-7(13)5-10(8)17-12/h3-5,9,14H,6H2,1-2H3,(H,15,16). The molecule has 5 heteroatoms. The van der Waals surface area contributed by atoms with Crippen molar-refractivity contribution in [3.05, 3.63) is 29.6 Å². The van der Waals surface area contributed by atoms with Crippen LogP contribution in [-0.4, -0.2) is 16.8 Å². The first-order chi connectivity index (χ1) is 7.87. The van der Waals surface area contributed by atoms with Crippen LogP contribution in [-0.2, 0) is 0 Å². The van der Waals surface area contributed by atoms with E-state index in [9.17, 15) is 9.18 Å². The third kappa shape index (κ3) is 2.49. The van der Waals surface area contributed by atoms with Crippen LogP contribution in [0.1, 0.15) is 31.9 Å². The Morgan fingerprint density at radius 3 is 2.94 bits per heavy atom. The minimum absolute atomic E-state index is 0.369. The summed E-state index contributed by atoms with van der Waals surface area (Å²) in [4.78, 5) is 10.7. The maximum Gasteiger partial charge on any atom is 0.405 e. The number of carbonyl (C=O) groups is 1. The molecule has 0 aromatic heterocycles. The van der Waals surface area contributed by atoms with Gasteiger partial charge >= 0.3 is 6.09 Å². The molecular weight excluding hydrogens is 225 g/mol. The largest absolute Gasteiger partial charge is 0.487 e. The fourth-order valence-electron chi connectivity index (χ4n) is 2.10. The fourth-order valence-corrected chi connectivity index (χ4v) is 2.10. The zero-order valence-electron chi connectivity index (χ0n) is 9.66. The van der Waals surface area contributed by atoms with E-state index >= 15 is 0 Å². The monoisotopic (exact) mass is 239 g/mol. The summed E-state index contributed by atoms with van der Waals surface area (Å²) >= 11 is 0. The van der Waals surface area contributed by atoms with Crippen molar-refractivity contribution < 1.29 is 19.0 Å². The molecule has 1 atom stereocenters. The molecule has 0 saturated carbocycles. The average molecular weight is 239 g/mol. The summed E-state index contributed by atoms with van der Waals surface area (Å²) in [6, 6.07) is 3.77. The predicted octanol–water partition coefficient (Wildman–Crippen LogP) is 2.70. The van der Waals surface area contributed by atoms with Gasteiger partial charge in [0.05, 0.1) is 6.04 Å². The number of carboxylic acid groups (broad SMARTS) is 1. The summed E-state index contributed by atoms with van der Waals surface area (Å²) in [5, 5.41) is 11.2. The highest BCUT2D eigenvalue weighted by atomic mass is 19.1. The lowest BCUT2D eigenvalue weighted by atomic mass is 9.90. The molecule has 0 bridgehead atoms. The first-order valence-corrected chi connectivity index (χ1v) is 5.35. The van der Waals surface area contributed by atoms with Gasteiger partial charge in [-0.05, 0) is 19.9 Å². The normalized spacial score (nSPS) is 21.2. The zero-order valence-corrected chi connectivity index (χ0v) is 9.66. The molecule has 1 aliphatic heterocycles. The Labute approximate surface area is 98.4 Å². The summed E-state index contributed by atoms with van der Waals surface area (Å²) in [6.07, 6.45) is -0.583. The van der Waals surface area contributed by atoms with Gasteiger partial charge < -0.3 is 15.2 Å². The van der Waals surface area contributed by atoms with E-state index in [-0.39, 0.29) is 6.04 Å². The van der Waals surface area contributed by atoms with E-state index in [0.717, 1.165) is 0 Å². The van der Waals surface area contributed by atoms with Crippen molar-refractivity contribution in [2.75, 3.05) is 0 Å². The summed E-state index contributed by atoms with van der Waals surface area (Å²) in [5.74, 6) is 0.00975. The minimum atomic E-state index is -1.09. The van der Waals surface area contributed by atoms with Crippen LogP contribution in [0.4, 0.5) is 9.18 Å². The molecular formula is C12H14FNO3. The number of benzene rings is 1. The van der Waals surface area contributed by atoms with E-state index in [0.29, 0.717) is 17.7 Å². The quantitative estimate of drug-likeness (QED) is 0.792. The number of fused-ring (bicyclic) bond motifs is 1. The molecule has 0 aliphatic carbocycles. The number of hydrogen-bond donors (Lipinski definition) is 2. The van der Waals surface area contributed by atoms with Gasteiger partial charge in [-0.1, -0.05) is 6.07 Å². The van der Waals surface area contributed by atoms with E-state index in [1.165, 1.54) is 12.1 Å². The van der Waals surface area contributed by atoms with Gasteiger partial charge in [-0.25, -0.2) is 9.18 Å². The Hall–Kier alpha value is -1.78. The highest BCUT2D eigenvalue weighted by Gasteiger charge is 2.34. The molecule has 0 spiro atoms. The fraction of sp³-hybridized carbons (Fsp3) is 0.417. The molecule has 4 nitrogen and oxygen atoms in total. The molecule has 1 amide bonds. The zero-order chi connectivity index (χ0) is 12.6. The van der Waals surface area contributed by atoms with E-state index in [1.54, 1.807) is 6.07 Å². The summed E-state index contributed by atoms with van der Waals surface area (Å²) in [7, 11) is 0. The van der Waals surface area contributed by atoms with E-state index in [1.807, 2.05) is 13.8 Å². The van der Waals surface area contributed by atoms with Gasteiger partial charge in [-0.3, -0.25) is 0 Å². The van der Waals surface area contributed by atoms with Crippen molar-refractivity contribution in [2.24, 2.45) is 0 Å². The molecule has 2 N–H and O–H groups in total. The SMILES string of the molecule is CC1(C)CC(NC(=O)O)c2ccc(F)cc2O1. The van der Waals surface area contributed by atoms with Crippen LogP contribution in [0.2, 0.25) is 0 Å². The molecule has 92 valence electrons. The smallest absolute Gasteiger partial charge is 0.405 e. The van der Waals surface area contributed by atoms with Crippen molar-refractivity contribution >= 4 is 6.09 Å². The molecule has 0 radical (unpaired) electrons. The lowest BCUT2D eigenvalue weighted by molar-refractivity contribution is 0.0655. The molecule has 1 unspecified atom stereocenters. The van der Waals surface area contributed by atoms with Crippen LogP contribution < -0.4 is 10.1 Å². The van der Waals surface area contributed by atoms with Crippen molar-refractivity contribution in [2.45, 2.75) is 31.9 Å². The second-order valence-electron chi connectivity index (χ2n) is 4.75. The number of rotatable bonds is 1. The lowest BCUT2D eigenvalue weighted by Gasteiger charge is -2.37. The van der Waals surface area contributed by atoms with Gasteiger partial charge in [0.1, 0.15) is 17.2 Å². The Morgan fingerprint density at radius 2 is 2.29 bits per heavy atom. The third-order valence-corrected chi connectivity index (χ3v) is 2.73. The van der Waals surface area contributed by atoms with Crippen LogP contribution >= 0.6 is 0 Å². The van der Waals surface area contributed by atoms with Gasteiger partial charge in [-0.15, -0.1) is 0 Å². The van der Waals surface area contributed by atoms with Crippen LogP contribution in [0.5, 0.6) is 5.75 Å². The summed E-state index contributed by atoms with van der Waals surface area (Å²) < 4.78 is 18.8. The van der Waals surface area contributed by atoms with Crippen molar-refractivity contribution in [3.63, 3.8) is 0 Å². The first kappa shape index (κ1) is 11.7. The van der Waals surface area contributed by atoms with Crippen molar-refractivity contribution in [3.8, 4) is 5.75 Å². The molecule has 0 fully saturated rings. The Bertz CT molecular complexity index is 459. The number of halogens is 1. The summed E-state index contributed by atoms with van der Waals surface area (Å²) in [6.45, 7) is 3.69. The summed E-state index contributed by atoms with van der Waals surface area (Å²) in [5.41, 5.74) is 0.154. The molecule has 2 rings (SSSR count). The Kier molecular flexibility index (Phi) is 2.69. The molecule has 17 heavy (non-hydrogen) atoms. The third-order valence-electron chi connectivity index (χ3n) is 2.73. The van der Waals surface area contributed by atoms with Gasteiger partial charge in [0.2, 0.25) is 0 Å². The maximum atomic E-state index is 13.1. The Morgan fingerprint density at radius 1 is 1.59 bits per heavy atom. The minimum Gasteiger partial charge on any atom is -0.487 e. The molecule has 0 saturated heterocycles. The van der Waals surface area contributed by atoms with Crippen molar-refractivity contribution in [1.82, 2.24) is 5.32 Å². The molecule has 1 aliphatic rings. The van der Waals surface area contributed by atoms with Gasteiger partial charge in [0, 0.05) is 18.1 Å². The highest BCUT2D eigenvalue weighted by molar-refractivity contribution is 5.65. The number of hydrogen-bond acceptors (Lipinski definition) is 2.